The molecule has 0 aliphatic rings. The van der Waals surface area contributed by atoms with Gasteiger partial charge in [0.05, 0.1) is 7.11 Å². The van der Waals surface area contributed by atoms with Gasteiger partial charge in [-0.1, -0.05) is 30.3 Å². The Morgan fingerprint density at radius 2 is 1.73 bits per heavy atom. The van der Waals surface area contributed by atoms with Gasteiger partial charge < -0.3 is 34.9 Å². The third-order valence-corrected chi connectivity index (χ3v) is 5.93. The van der Waals surface area contributed by atoms with Crippen molar-refractivity contribution >= 4 is 11.0 Å². The minimum Gasteiger partial charge on any atom is -0.497 e. The van der Waals surface area contributed by atoms with E-state index in [1.807, 2.05) is 24.3 Å². The summed E-state index contributed by atoms with van der Waals surface area (Å²) in [5.74, 6) is -0.0936. The zero-order valence-corrected chi connectivity index (χ0v) is 19.8. The first-order valence-corrected chi connectivity index (χ1v) is 11.4. The first-order chi connectivity index (χ1) is 17.6. The van der Waals surface area contributed by atoms with E-state index in [0.29, 0.717) is 28.8 Å². The van der Waals surface area contributed by atoms with E-state index in [1.165, 1.54) is 19.2 Å². The lowest BCUT2D eigenvalue weighted by molar-refractivity contribution is -0.211. The van der Waals surface area contributed by atoms with Gasteiger partial charge in [-0.15, -0.1) is 0 Å². The summed E-state index contributed by atoms with van der Waals surface area (Å²) in [7, 11) is 1.43. The summed E-state index contributed by atoms with van der Waals surface area (Å²) in [5.41, 5.74) is 8.71. The zero-order chi connectivity index (χ0) is 26.7. The van der Waals surface area contributed by atoms with Gasteiger partial charge in [-0.3, -0.25) is 0 Å². The number of aliphatic hydroxyl groups is 3. The predicted octanol–water partition coefficient (Wildman–Crippen LogP) is 4.60. The summed E-state index contributed by atoms with van der Waals surface area (Å²) in [4.78, 5) is 0. The van der Waals surface area contributed by atoms with Crippen LogP contribution in [-0.2, 0) is 19.6 Å². The maximum atomic E-state index is 13.5. The Morgan fingerprint density at radius 3 is 2.41 bits per heavy atom. The van der Waals surface area contributed by atoms with Crippen LogP contribution < -0.4 is 15.2 Å². The average Bonchev–Trinajstić information content (AvgIpc) is 3.24. The van der Waals surface area contributed by atoms with Crippen molar-refractivity contribution in [3.05, 3.63) is 83.1 Å². The molecule has 1 aromatic heterocycles. The van der Waals surface area contributed by atoms with Gasteiger partial charge in [0.2, 0.25) is 6.10 Å². The number of aliphatic hydroxyl groups excluding tert-OH is 2. The van der Waals surface area contributed by atoms with Crippen molar-refractivity contribution in [1.29, 1.82) is 0 Å². The number of methoxy groups -OCH3 is 1. The van der Waals surface area contributed by atoms with E-state index in [4.69, 9.17) is 19.6 Å². The summed E-state index contributed by atoms with van der Waals surface area (Å²) < 4.78 is 57.0. The molecule has 196 valence electrons. The predicted molar refractivity (Wildman–Crippen MR) is 130 cm³/mol. The Kier molecular flexibility index (Phi) is 7.74. The summed E-state index contributed by atoms with van der Waals surface area (Å²) in [6.07, 6.45) is -9.68. The van der Waals surface area contributed by atoms with Crippen molar-refractivity contribution in [2.75, 3.05) is 7.11 Å². The normalized spacial score (nSPS) is 12.8. The Balaban J connectivity index is 1.80. The lowest BCUT2D eigenvalue weighted by Gasteiger charge is -2.16. The van der Waals surface area contributed by atoms with Crippen LogP contribution in [0.2, 0.25) is 0 Å². The molecule has 0 spiro atoms. The van der Waals surface area contributed by atoms with Crippen LogP contribution in [0, 0.1) is 0 Å². The third kappa shape index (κ3) is 5.89. The van der Waals surface area contributed by atoms with E-state index in [-0.39, 0.29) is 23.3 Å². The fourth-order valence-corrected chi connectivity index (χ4v) is 4.05. The van der Waals surface area contributed by atoms with Crippen LogP contribution in [0.4, 0.5) is 13.2 Å². The van der Waals surface area contributed by atoms with Crippen LogP contribution in [0.3, 0.4) is 0 Å². The van der Waals surface area contributed by atoms with Crippen LogP contribution in [0.25, 0.3) is 22.1 Å². The van der Waals surface area contributed by atoms with Crippen molar-refractivity contribution in [1.82, 2.24) is 0 Å². The second-order valence-electron chi connectivity index (χ2n) is 8.45. The summed E-state index contributed by atoms with van der Waals surface area (Å²) in [6.45, 7) is -0.0718. The van der Waals surface area contributed by atoms with E-state index in [2.05, 4.69) is 0 Å². The Morgan fingerprint density at radius 1 is 0.973 bits per heavy atom. The average molecular weight is 518 g/mol. The Bertz CT molecular complexity index is 1380. The first-order valence-electron chi connectivity index (χ1n) is 11.4. The highest BCUT2D eigenvalue weighted by Crippen LogP contribution is 2.40. The van der Waals surface area contributed by atoms with Gasteiger partial charge in [0.15, 0.2) is 6.29 Å². The molecule has 0 radical (unpaired) electrons. The van der Waals surface area contributed by atoms with Crippen LogP contribution in [-0.4, -0.2) is 34.9 Å². The molecule has 3 aromatic carbocycles. The molecule has 0 aliphatic heterocycles. The molecular formula is C27H26F3NO6. The topological polar surface area (TPSA) is 118 Å². The van der Waals surface area contributed by atoms with E-state index in [9.17, 15) is 28.5 Å². The van der Waals surface area contributed by atoms with Crippen LogP contribution in [0.1, 0.15) is 28.6 Å². The standard InChI is InChI=1S/C27H26F3NO6/c1-35-19-7-5-18(11-24(32)33)23(12-19)36-14-21-20-10-17(16-4-2-3-15(9-16)13-31)6-8-22(20)37-25(21)26(34)27(28,29)30/h2-10,12,24,26,32-34H,11,13-14,31H2,1H3. The highest BCUT2D eigenvalue weighted by atomic mass is 19.4. The molecule has 10 heteroatoms. The van der Waals surface area contributed by atoms with E-state index < -0.39 is 30.9 Å². The second-order valence-corrected chi connectivity index (χ2v) is 8.45. The number of ether oxygens (including phenoxy) is 2. The third-order valence-electron chi connectivity index (χ3n) is 5.93. The highest BCUT2D eigenvalue weighted by Gasteiger charge is 2.43. The smallest absolute Gasteiger partial charge is 0.421 e. The van der Waals surface area contributed by atoms with Gasteiger partial charge in [0.1, 0.15) is 29.4 Å². The molecule has 0 saturated heterocycles. The quantitative estimate of drug-likeness (QED) is 0.240. The molecule has 0 aliphatic carbocycles. The van der Waals surface area contributed by atoms with Crippen LogP contribution in [0.5, 0.6) is 11.5 Å². The number of alkyl halides is 3. The molecule has 37 heavy (non-hydrogen) atoms. The Labute approximate surface area is 210 Å². The van der Waals surface area contributed by atoms with Gasteiger partial charge in [-0.05, 0) is 46.5 Å². The van der Waals surface area contributed by atoms with Crippen molar-refractivity contribution < 1.29 is 42.4 Å². The van der Waals surface area contributed by atoms with Crippen LogP contribution in [0.15, 0.2) is 65.1 Å². The number of hydrogen-bond acceptors (Lipinski definition) is 7. The maximum Gasteiger partial charge on any atom is 0.421 e. The van der Waals surface area contributed by atoms with E-state index in [0.717, 1.165) is 11.1 Å². The molecule has 4 rings (SSSR count). The molecule has 1 atom stereocenters. The molecule has 1 unspecified atom stereocenters. The molecule has 0 bridgehead atoms. The number of nitrogens with two attached hydrogens (primary N) is 1. The van der Waals surface area contributed by atoms with E-state index >= 15 is 0 Å². The largest absolute Gasteiger partial charge is 0.497 e. The molecule has 0 fully saturated rings. The molecular weight excluding hydrogens is 491 g/mol. The molecule has 4 aromatic rings. The maximum absolute atomic E-state index is 13.5. The zero-order valence-electron chi connectivity index (χ0n) is 19.8. The Hall–Kier alpha value is -3.57. The van der Waals surface area contributed by atoms with Gasteiger partial charge in [-0.2, -0.15) is 13.2 Å². The fraction of sp³-hybridized carbons (Fsp3) is 0.259. The number of benzene rings is 3. The molecule has 0 amide bonds. The number of halogens is 3. The molecule has 0 saturated carbocycles. The van der Waals surface area contributed by atoms with Crippen molar-refractivity contribution in [2.45, 2.75) is 38.1 Å². The van der Waals surface area contributed by atoms with Crippen molar-refractivity contribution in [3.63, 3.8) is 0 Å². The molecule has 5 N–H and O–H groups in total. The number of hydrogen-bond donors (Lipinski definition) is 4. The van der Waals surface area contributed by atoms with Gasteiger partial charge in [0, 0.05) is 30.0 Å². The first kappa shape index (κ1) is 26.5. The van der Waals surface area contributed by atoms with Crippen molar-refractivity contribution in [3.8, 4) is 22.6 Å². The molecule has 1 heterocycles. The van der Waals surface area contributed by atoms with Gasteiger partial charge in [0.25, 0.3) is 0 Å². The van der Waals surface area contributed by atoms with E-state index in [1.54, 1.807) is 24.3 Å². The lowest BCUT2D eigenvalue weighted by atomic mass is 10.00. The summed E-state index contributed by atoms with van der Waals surface area (Å²) in [5, 5.41) is 29.2. The molecule has 7 nitrogen and oxygen atoms in total. The summed E-state index contributed by atoms with van der Waals surface area (Å²) >= 11 is 0. The SMILES string of the molecule is COc1ccc(CC(O)O)c(OCc2c(C(O)C(F)(F)F)oc3ccc(-c4cccc(CN)c4)cc23)c1. The fourth-order valence-electron chi connectivity index (χ4n) is 4.05. The number of furan rings is 1. The minimum atomic E-state index is -4.97. The van der Waals surface area contributed by atoms with Gasteiger partial charge >= 0.3 is 6.18 Å². The lowest BCUT2D eigenvalue weighted by Crippen LogP contribution is -2.21. The highest BCUT2D eigenvalue weighted by molar-refractivity contribution is 5.87. The minimum absolute atomic E-state index is 0.00923. The van der Waals surface area contributed by atoms with Crippen LogP contribution >= 0.6 is 0 Å². The summed E-state index contributed by atoms with van der Waals surface area (Å²) in [6, 6.07) is 17.0. The second kappa shape index (κ2) is 10.8. The van der Waals surface area contributed by atoms with Gasteiger partial charge in [-0.25, -0.2) is 0 Å². The monoisotopic (exact) mass is 517 g/mol. The van der Waals surface area contributed by atoms with Crippen molar-refractivity contribution in [2.24, 2.45) is 5.73 Å². The number of fused-ring (bicyclic) bond motifs is 1. The number of rotatable bonds is 9.